The second-order valence-corrected chi connectivity index (χ2v) is 25.2. The first-order valence-electron chi connectivity index (χ1n) is 31.1. The average molecular weight is 1140 g/mol. The van der Waals surface area contributed by atoms with E-state index < -0.39 is 0 Å². The topological polar surface area (TPSA) is 54.0 Å². The van der Waals surface area contributed by atoms with E-state index in [1.807, 2.05) is 0 Å². The normalized spacial score (nSPS) is 17.6. The van der Waals surface area contributed by atoms with Crippen molar-refractivity contribution in [3.05, 3.63) is 168 Å². The van der Waals surface area contributed by atoms with Crippen molar-refractivity contribution in [3.8, 4) is 45.0 Å². The van der Waals surface area contributed by atoms with Gasteiger partial charge in [-0.05, 0) is 210 Å². The van der Waals surface area contributed by atoms with Crippen molar-refractivity contribution < 1.29 is 20.4 Å². The summed E-state index contributed by atoms with van der Waals surface area (Å²) in [5.74, 6) is 1.25. The largest absolute Gasteiger partial charge is 2.00 e. The van der Waals surface area contributed by atoms with E-state index in [0.29, 0.717) is 23.7 Å². The first-order valence-corrected chi connectivity index (χ1v) is 31.1. The summed E-state index contributed by atoms with van der Waals surface area (Å²) in [6, 6.07) is 56.4. The van der Waals surface area contributed by atoms with Crippen LogP contribution >= 0.6 is 0 Å². The predicted octanol–water partition coefficient (Wildman–Crippen LogP) is 21.3. The van der Waals surface area contributed by atoms with Crippen LogP contribution in [0.25, 0.3) is 132 Å². The molecule has 2 aliphatic heterocycles. The first kappa shape index (κ1) is 49.9. The van der Waals surface area contributed by atoms with Crippen LogP contribution in [-0.2, 0) is 20.4 Å². The molecular weight excluding hydrogens is 1080 g/mol. The van der Waals surface area contributed by atoms with Gasteiger partial charge in [-0.3, -0.25) is 0 Å². The van der Waals surface area contributed by atoms with Gasteiger partial charge in [0.1, 0.15) is 0 Å². The van der Waals surface area contributed by atoms with Crippen molar-refractivity contribution in [2.24, 2.45) is 0 Å². The van der Waals surface area contributed by atoms with Gasteiger partial charge < -0.3 is 9.97 Å². The molecule has 5 aliphatic carbocycles. The molecule has 17 rings (SSSR count). The van der Waals surface area contributed by atoms with Gasteiger partial charge in [-0.1, -0.05) is 174 Å². The van der Waals surface area contributed by atoms with Crippen molar-refractivity contribution >= 4 is 86.7 Å². The predicted molar refractivity (Wildman–Crippen MR) is 336 cm³/mol. The maximum absolute atomic E-state index is 6.39. The van der Waals surface area contributed by atoms with Crippen LogP contribution < -0.4 is 9.97 Å². The van der Waals surface area contributed by atoms with Crippen molar-refractivity contribution in [1.82, 2.24) is 19.9 Å². The molecule has 0 amide bonds. The molecule has 0 atom stereocenters. The third-order valence-corrected chi connectivity index (χ3v) is 20.6. The zero-order valence-corrected chi connectivity index (χ0v) is 48.0. The summed E-state index contributed by atoms with van der Waals surface area (Å²) in [6.07, 6.45) is 24.0. The van der Waals surface area contributed by atoms with Crippen molar-refractivity contribution in [3.63, 3.8) is 0 Å². The standard InChI is InChI=1S/C76H68N4.Pd/c1-5-21-45(22-6-1)65-69-57-37-49-29-13-15-31-51(49)39-59(57)71(77-69)66(46-23-7-2-8-24-46)73-61-41-53-33-17-19-35-55(53)43-63(61)75(79-73)68(48-27-11-4-12-28-48)76-64-44-56-36-20-18-34-54(56)42-62(64)74(80-76)67(47-25-9-3-10-26-47)72-60-40-52-32-16-14-30-50(52)38-58(60)70(65)78-72;/h13-20,29-48H,1-12,21-28H2;/q-2;+2. The molecule has 81 heavy (non-hydrogen) atoms. The van der Waals surface area contributed by atoms with Crippen LogP contribution in [-0.4, -0.2) is 9.97 Å². The van der Waals surface area contributed by atoms with Crippen LogP contribution in [0.4, 0.5) is 0 Å². The van der Waals surface area contributed by atoms with Gasteiger partial charge in [-0.15, -0.1) is 22.1 Å². The fourth-order valence-corrected chi connectivity index (χ4v) is 16.7. The Labute approximate surface area is 488 Å². The monoisotopic (exact) mass is 1140 g/mol. The molecular formula is C76H68N4Pd. The second kappa shape index (κ2) is 20.2. The van der Waals surface area contributed by atoms with E-state index >= 15 is 0 Å². The van der Waals surface area contributed by atoms with Gasteiger partial charge in [-0.25, -0.2) is 9.97 Å². The maximum Gasteiger partial charge on any atom is 2.00 e. The molecule has 402 valence electrons. The molecule has 4 nitrogen and oxygen atoms in total. The van der Waals surface area contributed by atoms with Crippen LogP contribution in [0, 0.1) is 0 Å². The fraction of sp³-hybridized carbons (Fsp3) is 0.316. The number of rotatable bonds is 4. The number of hydrogen-bond acceptors (Lipinski definition) is 2. The Morgan fingerprint density at radius 2 is 0.457 bits per heavy atom. The smallest absolute Gasteiger partial charge is 0.656 e. The molecule has 4 saturated carbocycles. The van der Waals surface area contributed by atoms with Crippen LogP contribution in [0.1, 0.15) is 174 Å². The zero-order chi connectivity index (χ0) is 52.4. The van der Waals surface area contributed by atoms with Gasteiger partial charge in [0, 0.05) is 22.3 Å². The van der Waals surface area contributed by atoms with Gasteiger partial charge in [0.25, 0.3) is 0 Å². The molecule has 0 saturated heterocycles. The molecule has 4 heterocycles. The van der Waals surface area contributed by atoms with Gasteiger partial charge in [0.05, 0.1) is 22.8 Å². The minimum absolute atomic E-state index is 0. The number of benzene rings is 8. The van der Waals surface area contributed by atoms with Crippen LogP contribution in [0.15, 0.2) is 146 Å². The van der Waals surface area contributed by atoms with E-state index in [9.17, 15) is 0 Å². The summed E-state index contributed by atoms with van der Waals surface area (Å²) < 4.78 is 0. The van der Waals surface area contributed by atoms with E-state index in [1.165, 1.54) is 186 Å². The molecule has 5 heteroatoms. The summed E-state index contributed by atoms with van der Waals surface area (Å²) >= 11 is 0. The van der Waals surface area contributed by atoms with Crippen molar-refractivity contribution in [2.75, 3.05) is 0 Å². The van der Waals surface area contributed by atoms with Gasteiger partial charge >= 0.3 is 20.4 Å². The Hall–Kier alpha value is -6.90. The quantitative estimate of drug-likeness (QED) is 0.165. The maximum atomic E-state index is 6.39. The molecule has 4 fully saturated rings. The average Bonchev–Trinajstić information content (AvgIpc) is 3.51. The summed E-state index contributed by atoms with van der Waals surface area (Å²) in [5.41, 5.74) is 19.7. The van der Waals surface area contributed by atoms with Gasteiger partial charge in [-0.2, -0.15) is 0 Å². The summed E-state index contributed by atoms with van der Waals surface area (Å²) in [6.45, 7) is 0. The number of hydrogen-bond donors (Lipinski definition) is 0. The summed E-state index contributed by atoms with van der Waals surface area (Å²) in [7, 11) is 0. The Morgan fingerprint density at radius 3 is 0.667 bits per heavy atom. The molecule has 0 radical (unpaired) electrons. The SMILES string of the molecule is [Pd+2].c1ccc2cc3c(cc2c1)-c1nc-3c(C2CCCCC2)c2[n-]c(c(C3CCCCC3)c3nc(c(C4CCCCC4)c4[n-]c(c1C1CCCCC1)c1cc5ccccc5cc41)-c1cc4ccccc4cc1-3)c1cc3ccccc3cc21. The molecule has 8 bridgehead atoms. The molecule has 0 spiro atoms. The van der Waals surface area contributed by atoms with Gasteiger partial charge in [0.15, 0.2) is 0 Å². The van der Waals surface area contributed by atoms with E-state index in [-0.39, 0.29) is 20.4 Å². The van der Waals surface area contributed by atoms with Gasteiger partial charge in [0.2, 0.25) is 0 Å². The number of nitrogens with zero attached hydrogens (tertiary/aromatic N) is 4. The Balaban J connectivity index is 0.00000542. The van der Waals surface area contributed by atoms with Crippen molar-refractivity contribution in [2.45, 2.75) is 152 Å². The van der Waals surface area contributed by atoms with Crippen molar-refractivity contribution in [1.29, 1.82) is 0 Å². The molecule has 8 aromatic carbocycles. The van der Waals surface area contributed by atoms with E-state index in [4.69, 9.17) is 19.9 Å². The van der Waals surface area contributed by atoms with E-state index in [1.54, 1.807) is 0 Å². The van der Waals surface area contributed by atoms with E-state index in [0.717, 1.165) is 96.2 Å². The minimum Gasteiger partial charge on any atom is -0.656 e. The molecule has 7 aliphatic rings. The Bertz CT molecular complexity index is 3970. The molecule has 0 unspecified atom stereocenters. The van der Waals surface area contributed by atoms with Crippen LogP contribution in [0.3, 0.4) is 0 Å². The van der Waals surface area contributed by atoms with Crippen LogP contribution in [0.5, 0.6) is 0 Å². The summed E-state index contributed by atoms with van der Waals surface area (Å²) in [5, 5.41) is 15.2. The zero-order valence-electron chi connectivity index (χ0n) is 46.4. The molecule has 10 aromatic rings. The van der Waals surface area contributed by atoms with E-state index in [2.05, 4.69) is 146 Å². The first-order chi connectivity index (χ1) is 39.7. The Kier molecular flexibility index (Phi) is 12.5. The number of aromatic nitrogens is 4. The minimum atomic E-state index is 0. The molecule has 2 aromatic heterocycles. The third kappa shape index (κ3) is 8.14. The van der Waals surface area contributed by atoms with Crippen LogP contribution in [0.2, 0.25) is 0 Å². The molecule has 0 N–H and O–H groups in total. The summed E-state index contributed by atoms with van der Waals surface area (Å²) in [4.78, 5) is 25.5. The number of fused-ring (bicyclic) bond motifs is 4. The second-order valence-electron chi connectivity index (χ2n) is 25.2. The Morgan fingerprint density at radius 1 is 0.259 bits per heavy atom. The fourth-order valence-electron chi connectivity index (χ4n) is 16.7. The third-order valence-electron chi connectivity index (χ3n) is 20.6.